The summed E-state index contributed by atoms with van der Waals surface area (Å²) in [6.45, 7) is 6.36. The van der Waals surface area contributed by atoms with Gasteiger partial charge in [0.15, 0.2) is 0 Å². The van der Waals surface area contributed by atoms with Gasteiger partial charge in [0.1, 0.15) is 5.71 Å². The minimum Gasteiger partial charge on any atom is -0.411 e. The number of rotatable bonds is 4. The molecule has 0 amide bonds. The summed E-state index contributed by atoms with van der Waals surface area (Å²) in [4.78, 5) is 1.15. The van der Waals surface area contributed by atoms with Crippen LogP contribution in [0.5, 0.6) is 0 Å². The van der Waals surface area contributed by atoms with Crippen molar-refractivity contribution in [2.75, 3.05) is 5.75 Å². The Morgan fingerprint density at radius 2 is 1.95 bits per heavy atom. The van der Waals surface area contributed by atoms with Crippen molar-refractivity contribution in [2.24, 2.45) is 12.2 Å². The lowest BCUT2D eigenvalue weighted by atomic mass is 9.92. The zero-order valence-corrected chi connectivity index (χ0v) is 13.7. The number of aryl methyl sites for hydroxylation is 1. The zero-order valence-electron chi connectivity index (χ0n) is 12.9. The maximum Gasteiger partial charge on any atom is 0.115 e. The standard InChI is InChI=1S/C16H21N3OS/c1-16(2,3)15-10-14(19(4)17-15)13(18-20)11-21-12-8-6-5-7-9-12/h5-10,20H,11H2,1-4H3/b18-13+. The average Bonchev–Trinajstić information content (AvgIpc) is 2.83. The van der Waals surface area contributed by atoms with Crippen molar-refractivity contribution in [3.05, 3.63) is 47.8 Å². The summed E-state index contributed by atoms with van der Waals surface area (Å²) in [5.74, 6) is 0.601. The molecule has 1 aromatic carbocycles. The quantitative estimate of drug-likeness (QED) is 0.405. The molecule has 2 rings (SSSR count). The van der Waals surface area contributed by atoms with Crippen molar-refractivity contribution in [2.45, 2.75) is 31.1 Å². The Balaban J connectivity index is 2.17. The lowest BCUT2D eigenvalue weighted by Gasteiger charge is -2.13. The number of benzene rings is 1. The van der Waals surface area contributed by atoms with Crippen molar-refractivity contribution in [3.63, 3.8) is 0 Å². The molecule has 21 heavy (non-hydrogen) atoms. The van der Waals surface area contributed by atoms with E-state index in [0.29, 0.717) is 11.5 Å². The van der Waals surface area contributed by atoms with Crippen LogP contribution in [0.15, 0.2) is 46.4 Å². The lowest BCUT2D eigenvalue weighted by Crippen LogP contribution is -2.12. The van der Waals surface area contributed by atoms with E-state index in [0.717, 1.165) is 16.3 Å². The van der Waals surface area contributed by atoms with Gasteiger partial charge in [0.2, 0.25) is 0 Å². The van der Waals surface area contributed by atoms with Gasteiger partial charge in [-0.15, -0.1) is 11.8 Å². The molecule has 4 nitrogen and oxygen atoms in total. The number of hydrogen-bond donors (Lipinski definition) is 1. The SMILES string of the molecule is Cn1nc(C(C)(C)C)cc1/C(CSc1ccccc1)=N/O. The van der Waals surface area contributed by atoms with Gasteiger partial charge in [-0.05, 0) is 18.2 Å². The second-order valence-corrected chi connectivity index (χ2v) is 6.99. The van der Waals surface area contributed by atoms with Gasteiger partial charge in [-0.3, -0.25) is 4.68 Å². The molecule has 0 bridgehead atoms. The monoisotopic (exact) mass is 303 g/mol. The molecule has 0 aliphatic carbocycles. The summed E-state index contributed by atoms with van der Waals surface area (Å²) < 4.78 is 1.78. The zero-order chi connectivity index (χ0) is 15.5. The maximum atomic E-state index is 9.33. The van der Waals surface area contributed by atoms with Crippen molar-refractivity contribution in [3.8, 4) is 0 Å². The summed E-state index contributed by atoms with van der Waals surface area (Å²) in [6.07, 6.45) is 0. The smallest absolute Gasteiger partial charge is 0.115 e. The molecular formula is C16H21N3OS. The Labute approximate surface area is 129 Å². The predicted molar refractivity (Wildman–Crippen MR) is 87.4 cm³/mol. The Hall–Kier alpha value is -1.75. The minimum atomic E-state index is -0.0247. The third kappa shape index (κ3) is 3.88. The van der Waals surface area contributed by atoms with E-state index in [9.17, 15) is 5.21 Å². The van der Waals surface area contributed by atoms with Gasteiger partial charge in [-0.25, -0.2) is 0 Å². The molecule has 0 aliphatic heterocycles. The summed E-state index contributed by atoms with van der Waals surface area (Å²) in [5.41, 5.74) is 2.45. The predicted octanol–water partition coefficient (Wildman–Crippen LogP) is 3.69. The number of oxime groups is 1. The number of aromatic nitrogens is 2. The van der Waals surface area contributed by atoms with E-state index in [2.05, 4.69) is 31.0 Å². The molecule has 0 atom stereocenters. The fraction of sp³-hybridized carbons (Fsp3) is 0.375. The summed E-state index contributed by atoms with van der Waals surface area (Å²) >= 11 is 1.64. The molecular weight excluding hydrogens is 282 g/mol. The minimum absolute atomic E-state index is 0.0247. The normalized spacial score (nSPS) is 12.7. The van der Waals surface area contributed by atoms with Gasteiger partial charge < -0.3 is 5.21 Å². The number of thioether (sulfide) groups is 1. The molecule has 1 heterocycles. The van der Waals surface area contributed by atoms with Crippen molar-refractivity contribution < 1.29 is 5.21 Å². The van der Waals surface area contributed by atoms with Crippen LogP contribution in [0, 0.1) is 0 Å². The van der Waals surface area contributed by atoms with E-state index in [1.54, 1.807) is 16.4 Å². The van der Waals surface area contributed by atoms with Gasteiger partial charge in [0.25, 0.3) is 0 Å². The number of hydrogen-bond acceptors (Lipinski definition) is 4. The largest absolute Gasteiger partial charge is 0.411 e. The molecule has 0 fully saturated rings. The molecule has 0 spiro atoms. The van der Waals surface area contributed by atoms with Gasteiger partial charge in [0, 0.05) is 23.1 Å². The van der Waals surface area contributed by atoms with E-state index in [1.165, 1.54) is 0 Å². The van der Waals surface area contributed by atoms with Crippen LogP contribution in [0.2, 0.25) is 0 Å². The van der Waals surface area contributed by atoms with Crippen LogP contribution in [-0.2, 0) is 12.5 Å². The second-order valence-electron chi connectivity index (χ2n) is 5.94. The average molecular weight is 303 g/mol. The van der Waals surface area contributed by atoms with Crippen LogP contribution >= 0.6 is 11.8 Å². The summed E-state index contributed by atoms with van der Waals surface area (Å²) in [7, 11) is 1.88. The van der Waals surface area contributed by atoms with Crippen molar-refractivity contribution >= 4 is 17.5 Å². The third-order valence-corrected chi connectivity index (χ3v) is 4.21. The first kappa shape index (κ1) is 15.6. The van der Waals surface area contributed by atoms with Gasteiger partial charge in [-0.1, -0.05) is 44.1 Å². The molecule has 0 aliphatic rings. The Kier molecular flexibility index (Phi) is 4.73. The van der Waals surface area contributed by atoms with E-state index in [-0.39, 0.29) is 5.41 Å². The highest BCUT2D eigenvalue weighted by molar-refractivity contribution is 8.00. The second kappa shape index (κ2) is 6.35. The molecule has 0 saturated heterocycles. The highest BCUT2D eigenvalue weighted by atomic mass is 32.2. The Morgan fingerprint density at radius 3 is 2.48 bits per heavy atom. The summed E-state index contributed by atoms with van der Waals surface area (Å²) in [5, 5.41) is 17.3. The molecule has 1 aromatic heterocycles. The van der Waals surface area contributed by atoms with Crippen LogP contribution in [0.25, 0.3) is 0 Å². The van der Waals surface area contributed by atoms with E-state index >= 15 is 0 Å². The topological polar surface area (TPSA) is 50.4 Å². The lowest BCUT2D eigenvalue weighted by molar-refractivity contribution is 0.319. The molecule has 0 saturated carbocycles. The first-order chi connectivity index (χ1) is 9.91. The summed E-state index contributed by atoms with van der Waals surface area (Å²) in [6, 6.07) is 12.1. The number of nitrogens with zero attached hydrogens (tertiary/aromatic N) is 3. The van der Waals surface area contributed by atoms with Crippen molar-refractivity contribution in [1.29, 1.82) is 0 Å². The van der Waals surface area contributed by atoms with Crippen LogP contribution in [-0.4, -0.2) is 26.5 Å². The van der Waals surface area contributed by atoms with Gasteiger partial charge in [-0.2, -0.15) is 5.10 Å². The molecule has 0 radical (unpaired) electrons. The molecule has 112 valence electrons. The van der Waals surface area contributed by atoms with Gasteiger partial charge in [0.05, 0.1) is 11.4 Å². The fourth-order valence-electron chi connectivity index (χ4n) is 1.93. The molecule has 0 unspecified atom stereocenters. The first-order valence-electron chi connectivity index (χ1n) is 6.85. The maximum absolute atomic E-state index is 9.33. The molecule has 2 aromatic rings. The molecule has 1 N–H and O–H groups in total. The Morgan fingerprint density at radius 1 is 1.29 bits per heavy atom. The van der Waals surface area contributed by atoms with E-state index in [1.807, 2.05) is 43.4 Å². The molecule has 5 heteroatoms. The van der Waals surface area contributed by atoms with E-state index < -0.39 is 0 Å². The van der Waals surface area contributed by atoms with Gasteiger partial charge >= 0.3 is 0 Å². The van der Waals surface area contributed by atoms with Crippen LogP contribution < -0.4 is 0 Å². The fourth-order valence-corrected chi connectivity index (χ4v) is 2.78. The first-order valence-corrected chi connectivity index (χ1v) is 7.84. The van der Waals surface area contributed by atoms with Crippen molar-refractivity contribution in [1.82, 2.24) is 9.78 Å². The van der Waals surface area contributed by atoms with Crippen LogP contribution in [0.4, 0.5) is 0 Å². The highest BCUT2D eigenvalue weighted by Crippen LogP contribution is 2.23. The highest BCUT2D eigenvalue weighted by Gasteiger charge is 2.21. The van der Waals surface area contributed by atoms with Crippen LogP contribution in [0.3, 0.4) is 0 Å². The van der Waals surface area contributed by atoms with Crippen LogP contribution in [0.1, 0.15) is 32.2 Å². The Bertz CT molecular complexity index is 627. The third-order valence-electron chi connectivity index (χ3n) is 3.18. The van der Waals surface area contributed by atoms with E-state index in [4.69, 9.17) is 0 Å².